The lowest BCUT2D eigenvalue weighted by molar-refractivity contribution is -0.119. The van der Waals surface area contributed by atoms with Crippen LogP contribution in [0.1, 0.15) is 17.0 Å². The highest BCUT2D eigenvalue weighted by molar-refractivity contribution is 9.10. The molecule has 0 saturated carbocycles. The standard InChI is InChI=1S/C16H16BrNO/c17-14-8-4-5-12(9-14)10-16(19)15(11-18)13-6-2-1-3-7-13/h1-9,15H,10-11,18H2. The molecule has 2 nitrogen and oxygen atoms in total. The fraction of sp³-hybridized carbons (Fsp3) is 0.188. The van der Waals surface area contributed by atoms with Gasteiger partial charge >= 0.3 is 0 Å². The average Bonchev–Trinajstić information content (AvgIpc) is 2.41. The molecule has 0 aliphatic carbocycles. The topological polar surface area (TPSA) is 43.1 Å². The van der Waals surface area contributed by atoms with E-state index in [0.29, 0.717) is 13.0 Å². The van der Waals surface area contributed by atoms with E-state index in [0.717, 1.165) is 15.6 Å². The summed E-state index contributed by atoms with van der Waals surface area (Å²) in [6.45, 7) is 0.344. The summed E-state index contributed by atoms with van der Waals surface area (Å²) in [6.07, 6.45) is 0.413. The van der Waals surface area contributed by atoms with Crippen LogP contribution in [0.4, 0.5) is 0 Å². The highest BCUT2D eigenvalue weighted by Gasteiger charge is 2.18. The number of carbonyl (C=O) groups excluding carboxylic acids is 1. The van der Waals surface area contributed by atoms with Crippen LogP contribution in [0.5, 0.6) is 0 Å². The Labute approximate surface area is 121 Å². The van der Waals surface area contributed by atoms with Crippen LogP contribution in [-0.4, -0.2) is 12.3 Å². The first-order chi connectivity index (χ1) is 9.20. The van der Waals surface area contributed by atoms with Crippen LogP contribution < -0.4 is 5.73 Å². The predicted molar refractivity (Wildman–Crippen MR) is 81.1 cm³/mol. The van der Waals surface area contributed by atoms with Gasteiger partial charge in [0, 0.05) is 17.4 Å². The van der Waals surface area contributed by atoms with Gasteiger partial charge in [-0.05, 0) is 23.3 Å². The van der Waals surface area contributed by atoms with Gasteiger partial charge in [-0.3, -0.25) is 4.79 Å². The van der Waals surface area contributed by atoms with E-state index in [1.165, 1.54) is 0 Å². The van der Waals surface area contributed by atoms with Crippen molar-refractivity contribution in [1.29, 1.82) is 0 Å². The number of Topliss-reactive ketones (excluding diaryl/α,β-unsaturated/α-hetero) is 1. The van der Waals surface area contributed by atoms with Crippen molar-refractivity contribution in [3.63, 3.8) is 0 Å². The van der Waals surface area contributed by atoms with Crippen LogP contribution in [0.15, 0.2) is 59.1 Å². The molecule has 0 spiro atoms. The first-order valence-corrected chi connectivity index (χ1v) is 7.02. The van der Waals surface area contributed by atoms with Crippen molar-refractivity contribution >= 4 is 21.7 Å². The minimum atomic E-state index is -0.222. The third-order valence-corrected chi connectivity index (χ3v) is 3.59. The van der Waals surface area contributed by atoms with Crippen LogP contribution in [0.3, 0.4) is 0 Å². The van der Waals surface area contributed by atoms with E-state index < -0.39 is 0 Å². The molecule has 2 rings (SSSR count). The second-order valence-corrected chi connectivity index (χ2v) is 5.39. The van der Waals surface area contributed by atoms with Gasteiger partial charge < -0.3 is 5.73 Å². The molecule has 0 bridgehead atoms. The number of hydrogen-bond donors (Lipinski definition) is 1. The Morgan fingerprint density at radius 3 is 2.47 bits per heavy atom. The van der Waals surface area contributed by atoms with Gasteiger partial charge in [0.1, 0.15) is 5.78 Å². The summed E-state index contributed by atoms with van der Waals surface area (Å²) in [6, 6.07) is 17.5. The number of hydrogen-bond acceptors (Lipinski definition) is 2. The van der Waals surface area contributed by atoms with Gasteiger partial charge in [-0.25, -0.2) is 0 Å². The van der Waals surface area contributed by atoms with E-state index in [1.807, 2.05) is 54.6 Å². The highest BCUT2D eigenvalue weighted by Crippen LogP contribution is 2.19. The van der Waals surface area contributed by atoms with Crippen LogP contribution in [0.2, 0.25) is 0 Å². The summed E-state index contributed by atoms with van der Waals surface area (Å²) >= 11 is 3.42. The van der Waals surface area contributed by atoms with Gasteiger partial charge in [0.05, 0.1) is 5.92 Å². The monoisotopic (exact) mass is 317 g/mol. The third kappa shape index (κ3) is 3.75. The van der Waals surface area contributed by atoms with Gasteiger partial charge in [0.25, 0.3) is 0 Å². The summed E-state index contributed by atoms with van der Waals surface area (Å²) in [4.78, 5) is 12.4. The molecule has 0 amide bonds. The Morgan fingerprint density at radius 2 is 1.84 bits per heavy atom. The van der Waals surface area contributed by atoms with Crippen molar-refractivity contribution in [2.45, 2.75) is 12.3 Å². The molecule has 0 fully saturated rings. The molecule has 19 heavy (non-hydrogen) atoms. The van der Waals surface area contributed by atoms with Gasteiger partial charge in [-0.1, -0.05) is 58.4 Å². The largest absolute Gasteiger partial charge is 0.329 e. The number of rotatable bonds is 5. The molecular weight excluding hydrogens is 302 g/mol. The molecule has 2 aromatic rings. The first-order valence-electron chi connectivity index (χ1n) is 6.23. The maximum absolute atomic E-state index is 12.4. The smallest absolute Gasteiger partial charge is 0.145 e. The minimum Gasteiger partial charge on any atom is -0.329 e. The third-order valence-electron chi connectivity index (χ3n) is 3.09. The molecule has 1 atom stereocenters. The number of ketones is 1. The number of benzene rings is 2. The van der Waals surface area contributed by atoms with E-state index in [2.05, 4.69) is 15.9 Å². The van der Waals surface area contributed by atoms with Crippen molar-refractivity contribution in [3.05, 3.63) is 70.2 Å². The lowest BCUT2D eigenvalue weighted by atomic mass is 9.91. The maximum atomic E-state index is 12.4. The van der Waals surface area contributed by atoms with E-state index in [9.17, 15) is 4.79 Å². The first kappa shape index (κ1) is 14.0. The number of carbonyl (C=O) groups is 1. The van der Waals surface area contributed by atoms with Crippen molar-refractivity contribution < 1.29 is 4.79 Å². The zero-order valence-electron chi connectivity index (χ0n) is 10.6. The van der Waals surface area contributed by atoms with E-state index in [-0.39, 0.29) is 11.7 Å². The molecule has 2 N–H and O–H groups in total. The Balaban J connectivity index is 2.14. The Morgan fingerprint density at radius 1 is 1.11 bits per heavy atom. The molecular formula is C16H16BrNO. The molecule has 1 unspecified atom stereocenters. The Kier molecular flexibility index (Phi) is 4.88. The zero-order valence-corrected chi connectivity index (χ0v) is 12.1. The van der Waals surface area contributed by atoms with E-state index in [4.69, 9.17) is 5.73 Å². The normalized spacial score (nSPS) is 12.1. The Bertz CT molecular complexity index is 554. The molecule has 0 heterocycles. The summed E-state index contributed by atoms with van der Waals surface area (Å²) < 4.78 is 0.988. The number of halogens is 1. The fourth-order valence-corrected chi connectivity index (χ4v) is 2.56. The van der Waals surface area contributed by atoms with E-state index in [1.54, 1.807) is 0 Å². The molecule has 3 heteroatoms. The lowest BCUT2D eigenvalue weighted by Gasteiger charge is -2.14. The lowest BCUT2D eigenvalue weighted by Crippen LogP contribution is -2.23. The van der Waals surface area contributed by atoms with E-state index >= 15 is 0 Å². The average molecular weight is 318 g/mol. The van der Waals surface area contributed by atoms with Crippen molar-refractivity contribution in [1.82, 2.24) is 0 Å². The Hall–Kier alpha value is -1.45. The summed E-state index contributed by atoms with van der Waals surface area (Å²) in [5.41, 5.74) is 7.76. The SMILES string of the molecule is NCC(C(=O)Cc1cccc(Br)c1)c1ccccc1. The molecule has 0 saturated heterocycles. The molecule has 98 valence electrons. The molecule has 0 aliphatic heterocycles. The predicted octanol–water partition coefficient (Wildman–Crippen LogP) is 3.30. The quantitative estimate of drug-likeness (QED) is 0.919. The van der Waals surface area contributed by atoms with Crippen LogP contribution in [-0.2, 0) is 11.2 Å². The van der Waals surface area contributed by atoms with Gasteiger partial charge in [-0.2, -0.15) is 0 Å². The molecule has 2 aromatic carbocycles. The maximum Gasteiger partial charge on any atom is 0.145 e. The summed E-state index contributed by atoms with van der Waals surface area (Å²) in [7, 11) is 0. The second-order valence-electron chi connectivity index (χ2n) is 4.47. The number of nitrogens with two attached hydrogens (primary N) is 1. The van der Waals surface area contributed by atoms with Crippen LogP contribution >= 0.6 is 15.9 Å². The molecule has 0 aromatic heterocycles. The van der Waals surface area contributed by atoms with Crippen LogP contribution in [0.25, 0.3) is 0 Å². The van der Waals surface area contributed by atoms with Crippen molar-refractivity contribution in [3.8, 4) is 0 Å². The highest BCUT2D eigenvalue weighted by atomic mass is 79.9. The van der Waals surface area contributed by atoms with Crippen molar-refractivity contribution in [2.75, 3.05) is 6.54 Å². The van der Waals surface area contributed by atoms with Gasteiger partial charge in [0.15, 0.2) is 0 Å². The van der Waals surface area contributed by atoms with Crippen molar-refractivity contribution in [2.24, 2.45) is 5.73 Å². The summed E-state index contributed by atoms with van der Waals surface area (Å²) in [5.74, 6) is -0.0630. The van der Waals surface area contributed by atoms with Gasteiger partial charge in [0.2, 0.25) is 0 Å². The fourth-order valence-electron chi connectivity index (χ4n) is 2.11. The van der Waals surface area contributed by atoms with Gasteiger partial charge in [-0.15, -0.1) is 0 Å². The zero-order chi connectivity index (χ0) is 13.7. The summed E-state index contributed by atoms with van der Waals surface area (Å²) in [5, 5.41) is 0. The van der Waals surface area contributed by atoms with Crippen LogP contribution in [0, 0.1) is 0 Å². The minimum absolute atomic E-state index is 0.159. The molecule has 0 radical (unpaired) electrons. The molecule has 0 aliphatic rings. The second kappa shape index (κ2) is 6.64.